The Bertz CT molecular complexity index is 1780. The third-order valence-corrected chi connectivity index (χ3v) is 9.65. The van der Waals surface area contributed by atoms with Crippen LogP contribution in [0, 0.1) is 35.1 Å². The molecule has 4 atom stereocenters. The minimum absolute atomic E-state index is 0.112. The molecule has 0 aliphatic carbocycles. The lowest BCUT2D eigenvalue weighted by Gasteiger charge is -2.42. The lowest BCUT2D eigenvalue weighted by atomic mass is 9.75. The molecule has 4 unspecified atom stereocenters. The molecule has 4 aromatic carbocycles. The summed E-state index contributed by atoms with van der Waals surface area (Å²) >= 11 is 0. The Hall–Kier alpha value is -5.31. The van der Waals surface area contributed by atoms with Crippen LogP contribution >= 0.6 is 0 Å². The minimum Gasteiger partial charge on any atom is -0.332 e. The zero-order chi connectivity index (χ0) is 35.2. The predicted molar refractivity (Wildman–Crippen MR) is 183 cm³/mol. The molecule has 2 aliphatic rings. The zero-order valence-corrected chi connectivity index (χ0v) is 27.2. The predicted octanol–water partition coefficient (Wildman–Crippen LogP) is 8.50. The van der Waals surface area contributed by atoms with Gasteiger partial charge in [-0.1, -0.05) is 72.8 Å². The maximum atomic E-state index is 15.2. The van der Waals surface area contributed by atoms with Crippen LogP contribution in [-0.2, 0) is 14.4 Å². The Morgan fingerprint density at radius 2 is 0.960 bits per heavy atom. The molecule has 0 spiro atoms. The Balaban J connectivity index is 1.24. The van der Waals surface area contributed by atoms with Crippen molar-refractivity contribution in [1.29, 1.82) is 0 Å². The molecule has 9 heteroatoms. The molecular formula is C41H36F4N2O3. The van der Waals surface area contributed by atoms with Gasteiger partial charge < -0.3 is 9.80 Å². The molecule has 5 nitrogen and oxygen atoms in total. The molecule has 2 aliphatic heterocycles. The van der Waals surface area contributed by atoms with Crippen molar-refractivity contribution < 1.29 is 31.9 Å². The van der Waals surface area contributed by atoms with Gasteiger partial charge in [-0.15, -0.1) is 0 Å². The summed E-state index contributed by atoms with van der Waals surface area (Å²) in [6, 6.07) is 23.2. The second-order valence-electron chi connectivity index (χ2n) is 12.8. The smallest absolute Gasteiger partial charge is 0.247 e. The standard InChI is InChI=1S/C41H36F4N2O3/c42-31-13-15-33(35(44)25-31)37-23-29(19-21-46(37)39(48)17-11-27-7-3-1-4-8-27)41(50)30-20-22-47(40(49)18-12-28-9-5-2-6-10-28)38(24-30)34-16-14-32(43)26-36(34)45/h1-18,25-26,29-30,37-38H,19-24H2. The van der Waals surface area contributed by atoms with E-state index in [1.807, 2.05) is 60.7 Å². The fraction of sp³-hybridized carbons (Fsp3) is 0.244. The van der Waals surface area contributed by atoms with Crippen molar-refractivity contribution >= 4 is 29.7 Å². The number of carbonyl (C=O) groups is 3. The van der Waals surface area contributed by atoms with Gasteiger partial charge in [0, 0.05) is 60.3 Å². The van der Waals surface area contributed by atoms with Gasteiger partial charge in [0.15, 0.2) is 0 Å². The molecule has 2 fully saturated rings. The van der Waals surface area contributed by atoms with E-state index >= 15 is 8.78 Å². The number of amides is 2. The summed E-state index contributed by atoms with van der Waals surface area (Å²) in [5.41, 5.74) is 1.84. The van der Waals surface area contributed by atoms with Crippen molar-refractivity contribution in [2.24, 2.45) is 11.8 Å². The van der Waals surface area contributed by atoms with Crippen LogP contribution in [0.2, 0.25) is 0 Å². The average molecular weight is 681 g/mol. The van der Waals surface area contributed by atoms with Gasteiger partial charge in [0.2, 0.25) is 11.8 Å². The Labute approximate surface area is 288 Å². The third kappa shape index (κ3) is 7.94. The number of hydrogen-bond donors (Lipinski definition) is 0. The lowest BCUT2D eigenvalue weighted by molar-refractivity contribution is -0.139. The highest BCUT2D eigenvalue weighted by atomic mass is 19.1. The molecule has 0 aromatic heterocycles. The highest BCUT2D eigenvalue weighted by Gasteiger charge is 2.42. The van der Waals surface area contributed by atoms with Crippen molar-refractivity contribution in [2.75, 3.05) is 13.1 Å². The fourth-order valence-electron chi connectivity index (χ4n) is 7.10. The maximum Gasteiger partial charge on any atom is 0.247 e. The second kappa shape index (κ2) is 15.5. The Morgan fingerprint density at radius 3 is 1.34 bits per heavy atom. The molecular weight excluding hydrogens is 644 g/mol. The van der Waals surface area contributed by atoms with Crippen molar-refractivity contribution in [1.82, 2.24) is 9.80 Å². The summed E-state index contributed by atoms with van der Waals surface area (Å²) in [5, 5.41) is 0. The van der Waals surface area contributed by atoms with E-state index < -0.39 is 47.2 Å². The second-order valence-corrected chi connectivity index (χ2v) is 12.8. The van der Waals surface area contributed by atoms with Gasteiger partial charge in [-0.05, 0) is 61.1 Å². The first-order valence-electron chi connectivity index (χ1n) is 16.7. The quantitative estimate of drug-likeness (QED) is 0.139. The summed E-state index contributed by atoms with van der Waals surface area (Å²) in [6.07, 6.45) is 7.00. The zero-order valence-electron chi connectivity index (χ0n) is 27.2. The molecule has 50 heavy (non-hydrogen) atoms. The number of piperidine rings is 2. The highest BCUT2D eigenvalue weighted by Crippen LogP contribution is 2.42. The largest absolute Gasteiger partial charge is 0.332 e. The average Bonchev–Trinajstić information content (AvgIpc) is 3.13. The van der Waals surface area contributed by atoms with E-state index in [9.17, 15) is 23.2 Å². The number of carbonyl (C=O) groups excluding carboxylic acids is 3. The van der Waals surface area contributed by atoms with E-state index in [1.165, 1.54) is 34.1 Å². The number of nitrogens with zero attached hydrogens (tertiary/aromatic N) is 2. The van der Waals surface area contributed by atoms with E-state index in [4.69, 9.17) is 0 Å². The number of rotatable bonds is 8. The lowest BCUT2D eigenvalue weighted by Crippen LogP contribution is -2.46. The Kier molecular flexibility index (Phi) is 10.7. The van der Waals surface area contributed by atoms with Crippen molar-refractivity contribution in [3.63, 3.8) is 0 Å². The first kappa shape index (κ1) is 34.5. The summed E-state index contributed by atoms with van der Waals surface area (Å²) in [5.74, 6) is -5.13. The molecule has 0 radical (unpaired) electrons. The summed E-state index contributed by atoms with van der Waals surface area (Å²) < 4.78 is 58.3. The number of hydrogen-bond acceptors (Lipinski definition) is 3. The van der Waals surface area contributed by atoms with Crippen LogP contribution in [0.5, 0.6) is 0 Å². The molecule has 2 saturated heterocycles. The summed E-state index contributed by atoms with van der Waals surface area (Å²) in [4.78, 5) is 44.2. The van der Waals surface area contributed by atoms with Gasteiger partial charge in [0.05, 0.1) is 12.1 Å². The number of Topliss-reactive ketones (excluding diaryl/α,β-unsaturated/α-hetero) is 1. The molecule has 0 N–H and O–H groups in total. The van der Waals surface area contributed by atoms with Crippen molar-refractivity contribution in [3.8, 4) is 0 Å². The van der Waals surface area contributed by atoms with Crippen LogP contribution in [0.25, 0.3) is 12.2 Å². The van der Waals surface area contributed by atoms with E-state index in [-0.39, 0.29) is 54.7 Å². The summed E-state index contributed by atoms with van der Waals surface area (Å²) in [6.45, 7) is 0.320. The van der Waals surface area contributed by atoms with Crippen LogP contribution in [0.15, 0.2) is 109 Å². The van der Waals surface area contributed by atoms with Gasteiger partial charge in [-0.2, -0.15) is 0 Å². The van der Waals surface area contributed by atoms with E-state index in [0.29, 0.717) is 12.8 Å². The number of benzene rings is 4. The number of halogens is 4. The molecule has 6 rings (SSSR count). The monoisotopic (exact) mass is 680 g/mol. The van der Waals surface area contributed by atoms with Crippen LogP contribution in [-0.4, -0.2) is 40.5 Å². The maximum absolute atomic E-state index is 15.2. The van der Waals surface area contributed by atoms with Gasteiger partial charge in [0.25, 0.3) is 0 Å². The van der Waals surface area contributed by atoms with Crippen LogP contribution in [0.4, 0.5) is 17.6 Å². The normalized spacial score (nSPS) is 21.1. The fourth-order valence-corrected chi connectivity index (χ4v) is 7.10. The molecule has 0 bridgehead atoms. The van der Waals surface area contributed by atoms with E-state index in [1.54, 1.807) is 12.2 Å². The first-order chi connectivity index (χ1) is 24.2. The van der Waals surface area contributed by atoms with Crippen LogP contribution in [0.1, 0.15) is 60.0 Å². The first-order valence-corrected chi connectivity index (χ1v) is 16.7. The van der Waals surface area contributed by atoms with Crippen LogP contribution in [0.3, 0.4) is 0 Å². The van der Waals surface area contributed by atoms with E-state index in [0.717, 1.165) is 35.4 Å². The SMILES string of the molecule is O=C(C1CCN(C(=O)C=Cc2ccccc2)C(c2ccc(F)cc2F)C1)C1CCN(C(=O)C=Cc2ccccc2)C(c2ccc(F)cc2F)C1. The van der Waals surface area contributed by atoms with Crippen LogP contribution < -0.4 is 0 Å². The molecule has 0 saturated carbocycles. The van der Waals surface area contributed by atoms with Gasteiger partial charge in [-0.3, -0.25) is 14.4 Å². The molecule has 2 heterocycles. The highest BCUT2D eigenvalue weighted by molar-refractivity contribution is 5.93. The third-order valence-electron chi connectivity index (χ3n) is 9.65. The van der Waals surface area contributed by atoms with Gasteiger partial charge in [-0.25, -0.2) is 17.6 Å². The Morgan fingerprint density at radius 1 is 0.560 bits per heavy atom. The van der Waals surface area contributed by atoms with Crippen molar-refractivity contribution in [2.45, 2.75) is 37.8 Å². The summed E-state index contributed by atoms with van der Waals surface area (Å²) in [7, 11) is 0. The van der Waals surface area contributed by atoms with Gasteiger partial charge in [0.1, 0.15) is 29.1 Å². The van der Waals surface area contributed by atoms with E-state index in [2.05, 4.69) is 0 Å². The minimum atomic E-state index is -0.832. The molecule has 2 amide bonds. The topological polar surface area (TPSA) is 57.7 Å². The van der Waals surface area contributed by atoms with Gasteiger partial charge >= 0.3 is 0 Å². The molecule has 256 valence electrons. The van der Waals surface area contributed by atoms with Crippen molar-refractivity contribution in [3.05, 3.63) is 155 Å². The molecule has 4 aromatic rings. The number of likely N-dealkylation sites (tertiary alicyclic amines) is 2. The number of ketones is 1.